The molecule has 37 heavy (non-hydrogen) atoms. The molecule has 0 amide bonds. The highest BCUT2D eigenvalue weighted by molar-refractivity contribution is 6.33. The summed E-state index contributed by atoms with van der Waals surface area (Å²) in [7, 11) is 0. The van der Waals surface area contributed by atoms with E-state index in [-0.39, 0.29) is 11.0 Å². The Morgan fingerprint density at radius 3 is 2.19 bits per heavy atom. The lowest BCUT2D eigenvalue weighted by atomic mass is 9.48. The van der Waals surface area contributed by atoms with E-state index in [1.165, 1.54) is 49.7 Å². The van der Waals surface area contributed by atoms with E-state index < -0.39 is 0 Å². The average molecular weight is 505 g/mol. The second-order valence-electron chi connectivity index (χ2n) is 11.2. The van der Waals surface area contributed by atoms with Crippen LogP contribution < -0.4 is 4.74 Å². The van der Waals surface area contributed by atoms with Crippen LogP contribution in [0, 0.1) is 40.4 Å². The van der Waals surface area contributed by atoms with Crippen molar-refractivity contribution < 1.29 is 4.74 Å². The number of rotatable bonds is 6. The Balaban J connectivity index is 1.39. The molecule has 0 saturated heterocycles. The minimum Gasteiger partial charge on any atom is -0.489 e. The van der Waals surface area contributed by atoms with E-state index >= 15 is 0 Å². The molecule has 3 aromatic rings. The quantitative estimate of drug-likeness (QED) is 0.316. The molecule has 0 heterocycles. The SMILES string of the molecule is N#CC(C#N)=Cc1ccc(-c2ccc(OCc3ccccc3)c(C34CC5CC(CC(C5)C3)C4)c2)c(Cl)c1. The lowest BCUT2D eigenvalue weighted by Crippen LogP contribution is -2.48. The Kier molecular flexibility index (Phi) is 6.27. The summed E-state index contributed by atoms with van der Waals surface area (Å²) in [5, 5.41) is 18.8. The van der Waals surface area contributed by atoms with E-state index in [1.807, 2.05) is 36.4 Å². The number of allylic oxidation sites excluding steroid dienone is 1. The average Bonchev–Trinajstić information content (AvgIpc) is 2.90. The van der Waals surface area contributed by atoms with Gasteiger partial charge in [0.15, 0.2) is 0 Å². The van der Waals surface area contributed by atoms with Crippen LogP contribution in [0.25, 0.3) is 17.2 Å². The van der Waals surface area contributed by atoms with E-state index in [2.05, 4.69) is 42.5 Å². The van der Waals surface area contributed by atoms with Gasteiger partial charge in [0.2, 0.25) is 0 Å². The summed E-state index contributed by atoms with van der Waals surface area (Å²) in [5.41, 5.74) is 5.54. The van der Waals surface area contributed by atoms with Gasteiger partial charge >= 0.3 is 0 Å². The molecule has 0 unspecified atom stereocenters. The Morgan fingerprint density at radius 2 is 1.57 bits per heavy atom. The second kappa shape index (κ2) is 9.74. The van der Waals surface area contributed by atoms with Crippen molar-refractivity contribution in [1.82, 2.24) is 0 Å². The van der Waals surface area contributed by atoms with Crippen molar-refractivity contribution in [2.45, 2.75) is 50.5 Å². The van der Waals surface area contributed by atoms with Crippen LogP contribution in [-0.4, -0.2) is 0 Å². The number of nitriles is 2. The third-order valence-corrected chi connectivity index (χ3v) is 9.00. The van der Waals surface area contributed by atoms with Gasteiger partial charge in [-0.15, -0.1) is 0 Å². The fraction of sp³-hybridized carbons (Fsp3) is 0.333. The lowest BCUT2D eigenvalue weighted by molar-refractivity contribution is -0.00645. The molecule has 4 fully saturated rings. The molecule has 184 valence electrons. The molecular formula is C33H29ClN2O. The molecule has 0 atom stereocenters. The summed E-state index contributed by atoms with van der Waals surface area (Å²) in [4.78, 5) is 0. The molecule has 0 radical (unpaired) electrons. The van der Waals surface area contributed by atoms with Gasteiger partial charge in [-0.05, 0) is 103 Å². The number of ether oxygens (including phenoxy) is 1. The van der Waals surface area contributed by atoms with Crippen molar-refractivity contribution in [3.05, 3.63) is 94.0 Å². The Morgan fingerprint density at radius 1 is 0.892 bits per heavy atom. The number of benzene rings is 3. The summed E-state index contributed by atoms with van der Waals surface area (Å²) < 4.78 is 6.52. The van der Waals surface area contributed by atoms with Gasteiger partial charge in [0, 0.05) is 16.1 Å². The molecule has 3 aromatic carbocycles. The van der Waals surface area contributed by atoms with E-state index in [0.29, 0.717) is 11.6 Å². The Bertz CT molecular complexity index is 1390. The first-order chi connectivity index (χ1) is 18.0. The molecule has 4 saturated carbocycles. The number of hydrogen-bond donors (Lipinski definition) is 0. The lowest BCUT2D eigenvalue weighted by Gasteiger charge is -2.57. The Hall–Kier alpha value is -3.53. The molecule has 0 spiro atoms. The highest BCUT2D eigenvalue weighted by atomic mass is 35.5. The topological polar surface area (TPSA) is 56.8 Å². The monoisotopic (exact) mass is 504 g/mol. The maximum absolute atomic E-state index is 9.09. The molecule has 0 aromatic heterocycles. The highest BCUT2D eigenvalue weighted by Crippen LogP contribution is 2.62. The van der Waals surface area contributed by atoms with Crippen LogP contribution in [0.5, 0.6) is 5.75 Å². The molecule has 0 N–H and O–H groups in total. The van der Waals surface area contributed by atoms with Gasteiger partial charge in [-0.3, -0.25) is 0 Å². The maximum atomic E-state index is 9.09. The van der Waals surface area contributed by atoms with E-state index in [4.69, 9.17) is 26.9 Å². The van der Waals surface area contributed by atoms with Crippen molar-refractivity contribution in [3.63, 3.8) is 0 Å². The second-order valence-corrected chi connectivity index (χ2v) is 11.6. The summed E-state index contributed by atoms with van der Waals surface area (Å²) in [5.74, 6) is 3.50. The summed E-state index contributed by atoms with van der Waals surface area (Å²) >= 11 is 6.76. The fourth-order valence-electron chi connectivity index (χ4n) is 7.53. The fourth-order valence-corrected chi connectivity index (χ4v) is 7.82. The first-order valence-corrected chi connectivity index (χ1v) is 13.6. The predicted molar refractivity (Wildman–Crippen MR) is 147 cm³/mol. The van der Waals surface area contributed by atoms with E-state index in [9.17, 15) is 0 Å². The van der Waals surface area contributed by atoms with Gasteiger partial charge in [0.25, 0.3) is 0 Å². The zero-order chi connectivity index (χ0) is 25.4. The third-order valence-electron chi connectivity index (χ3n) is 8.68. The molecule has 4 aliphatic carbocycles. The highest BCUT2D eigenvalue weighted by Gasteiger charge is 2.52. The first kappa shape index (κ1) is 23.8. The van der Waals surface area contributed by atoms with Crippen LogP contribution in [-0.2, 0) is 12.0 Å². The van der Waals surface area contributed by atoms with Crippen LogP contribution >= 0.6 is 11.6 Å². The van der Waals surface area contributed by atoms with Crippen molar-refractivity contribution >= 4 is 17.7 Å². The molecule has 0 aliphatic heterocycles. The van der Waals surface area contributed by atoms with Crippen LogP contribution in [0.15, 0.2) is 72.3 Å². The van der Waals surface area contributed by atoms with Crippen molar-refractivity contribution in [3.8, 4) is 29.0 Å². The van der Waals surface area contributed by atoms with Gasteiger partial charge in [-0.2, -0.15) is 10.5 Å². The zero-order valence-electron chi connectivity index (χ0n) is 20.8. The minimum atomic E-state index is 0.0628. The number of nitrogens with zero attached hydrogens (tertiary/aromatic N) is 2. The van der Waals surface area contributed by atoms with Crippen LogP contribution in [0.4, 0.5) is 0 Å². The van der Waals surface area contributed by atoms with Crippen LogP contribution in [0.2, 0.25) is 5.02 Å². The number of hydrogen-bond acceptors (Lipinski definition) is 3. The summed E-state index contributed by atoms with van der Waals surface area (Å²) in [6, 6.07) is 26.5. The standard InChI is InChI=1S/C33H29ClN2O/c34-31-14-23(10-27(19-35)20-36)6-8-29(31)28-7-9-32(37-21-22-4-2-1-3-5-22)30(15-28)33-16-24-11-25(17-33)13-26(12-24)18-33/h1-10,14-15,24-26H,11-13,16-18,21H2. The van der Waals surface area contributed by atoms with Gasteiger partial charge in [-0.1, -0.05) is 60.1 Å². The Labute approximate surface area is 224 Å². The van der Waals surface area contributed by atoms with E-state index in [0.717, 1.165) is 40.2 Å². The smallest absolute Gasteiger partial charge is 0.130 e. The van der Waals surface area contributed by atoms with Gasteiger partial charge < -0.3 is 4.74 Å². The summed E-state index contributed by atoms with van der Waals surface area (Å²) in [6.07, 6.45) is 9.52. The minimum absolute atomic E-state index is 0.0628. The summed E-state index contributed by atoms with van der Waals surface area (Å²) in [6.45, 7) is 0.557. The number of halogens is 1. The maximum Gasteiger partial charge on any atom is 0.130 e. The molecule has 4 aliphatic rings. The third kappa shape index (κ3) is 4.66. The van der Waals surface area contributed by atoms with Gasteiger partial charge in [-0.25, -0.2) is 0 Å². The molecule has 7 rings (SSSR count). The van der Waals surface area contributed by atoms with Crippen molar-refractivity contribution in [2.75, 3.05) is 0 Å². The first-order valence-electron chi connectivity index (χ1n) is 13.2. The molecule has 3 nitrogen and oxygen atoms in total. The molecule has 4 bridgehead atoms. The van der Waals surface area contributed by atoms with E-state index in [1.54, 1.807) is 6.08 Å². The molecular weight excluding hydrogens is 476 g/mol. The van der Waals surface area contributed by atoms with Gasteiger partial charge in [0.1, 0.15) is 30.1 Å². The van der Waals surface area contributed by atoms with Crippen LogP contribution in [0.1, 0.15) is 55.2 Å². The zero-order valence-corrected chi connectivity index (χ0v) is 21.5. The van der Waals surface area contributed by atoms with Crippen molar-refractivity contribution in [2.24, 2.45) is 17.8 Å². The predicted octanol–water partition coefficient (Wildman–Crippen LogP) is 8.48. The normalized spacial score (nSPS) is 25.2. The van der Waals surface area contributed by atoms with Gasteiger partial charge in [0.05, 0.1) is 0 Å². The largest absolute Gasteiger partial charge is 0.489 e. The molecule has 4 heteroatoms. The van der Waals surface area contributed by atoms with Crippen molar-refractivity contribution in [1.29, 1.82) is 10.5 Å². The van der Waals surface area contributed by atoms with Crippen LogP contribution in [0.3, 0.4) is 0 Å².